The Morgan fingerprint density at radius 1 is 1.29 bits per heavy atom. The summed E-state index contributed by atoms with van der Waals surface area (Å²) in [7, 11) is 0. The maximum atomic E-state index is 5.91. The largest absolute Gasteiger partial charge is 0.398 e. The third-order valence-electron chi connectivity index (χ3n) is 2.39. The second kappa shape index (κ2) is 5.23. The fraction of sp³-hybridized carbons (Fsp3) is 0.455. The second-order valence-electron chi connectivity index (χ2n) is 3.30. The Labute approximate surface area is 90.7 Å². The summed E-state index contributed by atoms with van der Waals surface area (Å²) < 4.78 is 0. The van der Waals surface area contributed by atoms with E-state index in [-0.39, 0.29) is 0 Å². The minimum Gasteiger partial charge on any atom is -0.398 e. The molecule has 1 aromatic rings. The monoisotopic (exact) mass is 212 g/mol. The number of benzene rings is 1. The van der Waals surface area contributed by atoms with Gasteiger partial charge in [0, 0.05) is 17.3 Å². The number of hydrogen-bond acceptors (Lipinski definition) is 2. The summed E-state index contributed by atoms with van der Waals surface area (Å²) >= 11 is 5.91. The molecule has 0 aromatic heterocycles. The zero-order valence-corrected chi connectivity index (χ0v) is 9.51. The summed E-state index contributed by atoms with van der Waals surface area (Å²) in [5.74, 6) is 0. The smallest absolute Gasteiger partial charge is 0.0410 e. The van der Waals surface area contributed by atoms with Gasteiger partial charge in [-0.3, -0.25) is 4.90 Å². The second-order valence-corrected chi connectivity index (χ2v) is 3.74. The fourth-order valence-corrected chi connectivity index (χ4v) is 1.59. The number of nitrogens with two attached hydrogens (primary N) is 1. The quantitative estimate of drug-likeness (QED) is 0.778. The van der Waals surface area contributed by atoms with Gasteiger partial charge in [0.25, 0.3) is 0 Å². The average molecular weight is 213 g/mol. The van der Waals surface area contributed by atoms with Crippen molar-refractivity contribution < 1.29 is 0 Å². The van der Waals surface area contributed by atoms with Crippen molar-refractivity contribution in [3.63, 3.8) is 0 Å². The molecule has 78 valence electrons. The first-order valence-corrected chi connectivity index (χ1v) is 5.31. The van der Waals surface area contributed by atoms with Gasteiger partial charge in [0.15, 0.2) is 0 Å². The first-order valence-electron chi connectivity index (χ1n) is 4.93. The maximum Gasteiger partial charge on any atom is 0.0410 e. The summed E-state index contributed by atoms with van der Waals surface area (Å²) in [5, 5.41) is 0.751. The van der Waals surface area contributed by atoms with Crippen LogP contribution in [0.25, 0.3) is 0 Å². The van der Waals surface area contributed by atoms with E-state index < -0.39 is 0 Å². The highest BCUT2D eigenvalue weighted by atomic mass is 35.5. The van der Waals surface area contributed by atoms with Crippen LogP contribution in [0.3, 0.4) is 0 Å². The number of nitrogens with zero attached hydrogens (tertiary/aromatic N) is 1. The molecule has 1 aromatic carbocycles. The maximum absolute atomic E-state index is 5.91. The predicted molar refractivity (Wildman–Crippen MR) is 62.5 cm³/mol. The van der Waals surface area contributed by atoms with Crippen LogP contribution in [0.5, 0.6) is 0 Å². The Hall–Kier alpha value is -0.730. The summed E-state index contributed by atoms with van der Waals surface area (Å²) in [4.78, 5) is 2.31. The van der Waals surface area contributed by atoms with Crippen LogP contribution in [0.2, 0.25) is 5.02 Å². The molecule has 2 N–H and O–H groups in total. The van der Waals surface area contributed by atoms with E-state index in [0.29, 0.717) is 0 Å². The van der Waals surface area contributed by atoms with Crippen molar-refractivity contribution in [3.05, 3.63) is 28.8 Å². The van der Waals surface area contributed by atoms with Crippen molar-refractivity contribution in [2.75, 3.05) is 18.8 Å². The van der Waals surface area contributed by atoms with Gasteiger partial charge in [0.2, 0.25) is 0 Å². The predicted octanol–water partition coefficient (Wildman–Crippen LogP) is 2.76. The van der Waals surface area contributed by atoms with Crippen molar-refractivity contribution in [3.8, 4) is 0 Å². The van der Waals surface area contributed by atoms with Crippen LogP contribution in [0.4, 0.5) is 5.69 Å². The number of hydrogen-bond donors (Lipinski definition) is 1. The molecular formula is C11H17ClN2. The lowest BCUT2D eigenvalue weighted by atomic mass is 10.1. The molecule has 3 heteroatoms. The molecule has 0 amide bonds. The lowest BCUT2D eigenvalue weighted by molar-refractivity contribution is 0.296. The van der Waals surface area contributed by atoms with Crippen molar-refractivity contribution in [1.29, 1.82) is 0 Å². The van der Waals surface area contributed by atoms with Crippen molar-refractivity contribution >= 4 is 17.3 Å². The van der Waals surface area contributed by atoms with Crippen LogP contribution in [0.1, 0.15) is 19.4 Å². The van der Waals surface area contributed by atoms with Gasteiger partial charge >= 0.3 is 0 Å². The van der Waals surface area contributed by atoms with Gasteiger partial charge in [0.05, 0.1) is 0 Å². The van der Waals surface area contributed by atoms with Gasteiger partial charge in [0.1, 0.15) is 0 Å². The molecule has 0 aliphatic carbocycles. The van der Waals surface area contributed by atoms with Gasteiger partial charge in [-0.15, -0.1) is 0 Å². The number of halogens is 1. The topological polar surface area (TPSA) is 29.3 Å². The molecule has 0 heterocycles. The Kier molecular flexibility index (Phi) is 4.23. The molecular weight excluding hydrogens is 196 g/mol. The van der Waals surface area contributed by atoms with Gasteiger partial charge in [-0.2, -0.15) is 0 Å². The molecule has 14 heavy (non-hydrogen) atoms. The van der Waals surface area contributed by atoms with Gasteiger partial charge in [-0.25, -0.2) is 0 Å². The van der Waals surface area contributed by atoms with E-state index in [1.54, 1.807) is 0 Å². The van der Waals surface area contributed by atoms with E-state index in [1.165, 1.54) is 0 Å². The first-order chi connectivity index (χ1) is 6.67. The molecule has 0 unspecified atom stereocenters. The molecule has 0 spiro atoms. The van der Waals surface area contributed by atoms with Crippen molar-refractivity contribution in [2.24, 2.45) is 0 Å². The van der Waals surface area contributed by atoms with E-state index in [2.05, 4.69) is 18.7 Å². The van der Waals surface area contributed by atoms with Gasteiger partial charge < -0.3 is 5.73 Å². The lowest BCUT2D eigenvalue weighted by Gasteiger charge is -2.19. The van der Waals surface area contributed by atoms with Crippen LogP contribution in [-0.4, -0.2) is 18.0 Å². The van der Waals surface area contributed by atoms with E-state index in [4.69, 9.17) is 17.3 Å². The molecule has 1 rings (SSSR count). The van der Waals surface area contributed by atoms with Crippen molar-refractivity contribution in [1.82, 2.24) is 4.90 Å². The van der Waals surface area contributed by atoms with Crippen LogP contribution < -0.4 is 5.73 Å². The highest BCUT2D eigenvalue weighted by molar-refractivity contribution is 6.30. The van der Waals surface area contributed by atoms with Crippen LogP contribution in [0, 0.1) is 0 Å². The molecule has 0 atom stereocenters. The third-order valence-corrected chi connectivity index (χ3v) is 2.63. The van der Waals surface area contributed by atoms with E-state index >= 15 is 0 Å². The molecule has 0 aliphatic rings. The van der Waals surface area contributed by atoms with E-state index in [9.17, 15) is 0 Å². The van der Waals surface area contributed by atoms with Crippen LogP contribution in [0.15, 0.2) is 18.2 Å². The molecule has 2 nitrogen and oxygen atoms in total. The minimum absolute atomic E-state index is 0.751. The molecule has 0 bridgehead atoms. The Balaban J connectivity index is 2.79. The Bertz CT molecular complexity index is 295. The molecule has 0 aliphatic heterocycles. The third kappa shape index (κ3) is 2.89. The highest BCUT2D eigenvalue weighted by Gasteiger charge is 2.04. The molecule has 0 fully saturated rings. The first kappa shape index (κ1) is 11.3. The highest BCUT2D eigenvalue weighted by Crippen LogP contribution is 2.19. The standard InChI is InChI=1S/C11H17ClN2/c1-3-14(4-2)8-9-7-10(12)5-6-11(9)13/h5-7H,3-4,8,13H2,1-2H3. The summed E-state index contributed by atoms with van der Waals surface area (Å²) in [6.07, 6.45) is 0. The van der Waals surface area contributed by atoms with E-state index in [1.807, 2.05) is 18.2 Å². The fourth-order valence-electron chi connectivity index (χ4n) is 1.40. The Morgan fingerprint density at radius 2 is 1.93 bits per heavy atom. The van der Waals surface area contributed by atoms with E-state index in [0.717, 1.165) is 35.9 Å². The lowest BCUT2D eigenvalue weighted by Crippen LogP contribution is -2.22. The van der Waals surface area contributed by atoms with Crippen molar-refractivity contribution in [2.45, 2.75) is 20.4 Å². The zero-order chi connectivity index (χ0) is 10.6. The average Bonchev–Trinajstić information content (AvgIpc) is 2.19. The number of rotatable bonds is 4. The van der Waals surface area contributed by atoms with Crippen LogP contribution in [-0.2, 0) is 6.54 Å². The minimum atomic E-state index is 0.751. The van der Waals surface area contributed by atoms with Gasteiger partial charge in [-0.05, 0) is 36.9 Å². The number of nitrogen functional groups attached to an aromatic ring is 1. The SMILES string of the molecule is CCN(CC)Cc1cc(Cl)ccc1N. The van der Waals surface area contributed by atoms with Crippen LogP contribution >= 0.6 is 11.6 Å². The van der Waals surface area contributed by atoms with Gasteiger partial charge in [-0.1, -0.05) is 25.4 Å². The summed E-state index contributed by atoms with van der Waals surface area (Å²) in [5.41, 5.74) is 7.79. The normalized spacial score (nSPS) is 10.9. The summed E-state index contributed by atoms with van der Waals surface area (Å²) in [6, 6.07) is 5.62. The number of anilines is 1. The molecule has 0 radical (unpaired) electrons. The Morgan fingerprint density at radius 3 is 2.50 bits per heavy atom. The molecule has 0 saturated carbocycles. The summed E-state index contributed by atoms with van der Waals surface area (Å²) in [6.45, 7) is 7.22. The zero-order valence-electron chi connectivity index (χ0n) is 8.76. The molecule has 0 saturated heterocycles.